The van der Waals surface area contributed by atoms with Gasteiger partial charge in [0.25, 0.3) is 5.56 Å². The number of carbonyl (C=O) groups is 1. The van der Waals surface area contributed by atoms with Crippen LogP contribution in [-0.2, 0) is 22.6 Å². The van der Waals surface area contributed by atoms with Crippen LogP contribution in [0.2, 0.25) is 0 Å². The average molecular weight is 381 g/mol. The zero-order valence-electron chi connectivity index (χ0n) is 16.0. The van der Waals surface area contributed by atoms with Crippen molar-refractivity contribution in [2.24, 2.45) is 0 Å². The molecule has 0 unspecified atom stereocenters. The summed E-state index contributed by atoms with van der Waals surface area (Å²) in [5.41, 5.74) is 1.38. The van der Waals surface area contributed by atoms with Crippen molar-refractivity contribution in [2.45, 2.75) is 20.0 Å². The van der Waals surface area contributed by atoms with Gasteiger partial charge in [0.05, 0.1) is 17.7 Å². The minimum Gasteiger partial charge on any atom is -0.491 e. The fraction of sp³-hybridized carbons (Fsp3) is 0.286. The lowest BCUT2D eigenvalue weighted by atomic mass is 10.1. The van der Waals surface area contributed by atoms with Gasteiger partial charge in [0.2, 0.25) is 5.91 Å². The van der Waals surface area contributed by atoms with Crippen molar-refractivity contribution in [3.8, 4) is 5.75 Å². The quantitative estimate of drug-likeness (QED) is 0.604. The normalized spacial score (nSPS) is 10.8. The van der Waals surface area contributed by atoms with Crippen LogP contribution in [0.3, 0.4) is 0 Å². The summed E-state index contributed by atoms with van der Waals surface area (Å²) in [4.78, 5) is 24.8. The number of rotatable bonds is 8. The third kappa shape index (κ3) is 4.75. The first-order chi connectivity index (χ1) is 13.6. The van der Waals surface area contributed by atoms with E-state index in [1.54, 1.807) is 19.2 Å². The van der Waals surface area contributed by atoms with E-state index >= 15 is 0 Å². The number of ether oxygens (including phenoxy) is 2. The Balaban J connectivity index is 1.60. The molecule has 3 rings (SSSR count). The molecule has 3 aromatic rings. The minimum absolute atomic E-state index is 0.122. The van der Waals surface area contributed by atoms with Gasteiger partial charge in [-0.25, -0.2) is 4.68 Å². The molecular formula is C21H23N3O4. The molecule has 1 N–H and O–H groups in total. The summed E-state index contributed by atoms with van der Waals surface area (Å²) in [5, 5.41) is 8.44. The Bertz CT molecular complexity index is 1010. The molecule has 1 aromatic heterocycles. The maximum absolute atomic E-state index is 12.5. The lowest BCUT2D eigenvalue weighted by molar-refractivity contribution is -0.122. The van der Waals surface area contributed by atoms with E-state index in [2.05, 4.69) is 10.4 Å². The van der Waals surface area contributed by atoms with Crippen LogP contribution in [0, 0.1) is 6.92 Å². The molecule has 2 aromatic carbocycles. The summed E-state index contributed by atoms with van der Waals surface area (Å²) < 4.78 is 11.7. The van der Waals surface area contributed by atoms with E-state index in [1.165, 1.54) is 4.68 Å². The first-order valence-corrected chi connectivity index (χ1v) is 9.02. The number of hydrogen-bond acceptors (Lipinski definition) is 5. The number of methoxy groups -OCH3 is 1. The zero-order chi connectivity index (χ0) is 19.9. The highest BCUT2D eigenvalue weighted by atomic mass is 16.5. The van der Waals surface area contributed by atoms with Crippen LogP contribution in [0.5, 0.6) is 5.75 Å². The highest BCUT2D eigenvalue weighted by Gasteiger charge is 2.10. The van der Waals surface area contributed by atoms with Crippen molar-refractivity contribution in [3.63, 3.8) is 0 Å². The second-order valence-electron chi connectivity index (χ2n) is 6.36. The number of fused-ring (bicyclic) bond motifs is 1. The third-order valence-electron chi connectivity index (χ3n) is 4.31. The molecule has 7 nitrogen and oxygen atoms in total. The standard InChI is InChI=1S/C21H23N3O4/c1-15-18-5-3-4-6-19(18)21(26)24(23-15)14-20(25)22-13-16-7-9-17(10-8-16)28-12-11-27-2/h3-10H,11-14H2,1-2H3,(H,22,25). The molecular weight excluding hydrogens is 358 g/mol. The number of aryl methyl sites for hydroxylation is 1. The number of carbonyl (C=O) groups excluding carboxylic acids is 1. The predicted molar refractivity (Wildman–Crippen MR) is 106 cm³/mol. The van der Waals surface area contributed by atoms with Crippen molar-refractivity contribution < 1.29 is 14.3 Å². The molecule has 28 heavy (non-hydrogen) atoms. The van der Waals surface area contributed by atoms with Crippen LogP contribution < -0.4 is 15.6 Å². The molecule has 0 fully saturated rings. The van der Waals surface area contributed by atoms with Gasteiger partial charge in [0, 0.05) is 19.0 Å². The summed E-state index contributed by atoms with van der Waals surface area (Å²) in [5.74, 6) is 0.471. The van der Waals surface area contributed by atoms with Crippen molar-refractivity contribution >= 4 is 16.7 Å². The minimum atomic E-state index is -0.273. The summed E-state index contributed by atoms with van der Waals surface area (Å²) in [6.45, 7) is 3.08. The second-order valence-corrected chi connectivity index (χ2v) is 6.36. The zero-order valence-corrected chi connectivity index (χ0v) is 16.0. The van der Waals surface area contributed by atoms with Gasteiger partial charge in [0.1, 0.15) is 18.9 Å². The van der Waals surface area contributed by atoms with Crippen LogP contribution in [0.25, 0.3) is 10.8 Å². The lowest BCUT2D eigenvalue weighted by Gasteiger charge is -2.10. The van der Waals surface area contributed by atoms with Crippen molar-refractivity contribution in [2.75, 3.05) is 20.3 Å². The Kier molecular flexibility index (Phi) is 6.39. The summed E-state index contributed by atoms with van der Waals surface area (Å²) in [6.07, 6.45) is 0. The van der Waals surface area contributed by atoms with Gasteiger partial charge in [-0.3, -0.25) is 9.59 Å². The number of benzene rings is 2. The monoisotopic (exact) mass is 381 g/mol. The topological polar surface area (TPSA) is 82.4 Å². The van der Waals surface area contributed by atoms with Gasteiger partial charge in [-0.2, -0.15) is 5.10 Å². The second kappa shape index (κ2) is 9.14. The maximum Gasteiger partial charge on any atom is 0.275 e. The first-order valence-electron chi connectivity index (χ1n) is 9.02. The fourth-order valence-electron chi connectivity index (χ4n) is 2.85. The summed E-state index contributed by atoms with van der Waals surface area (Å²) >= 11 is 0. The number of amides is 1. The molecule has 0 aliphatic rings. The van der Waals surface area contributed by atoms with Crippen molar-refractivity contribution in [1.29, 1.82) is 0 Å². The first kappa shape index (κ1) is 19.6. The van der Waals surface area contributed by atoms with E-state index < -0.39 is 0 Å². The molecule has 0 bridgehead atoms. The van der Waals surface area contributed by atoms with Gasteiger partial charge in [-0.1, -0.05) is 30.3 Å². The summed E-state index contributed by atoms with van der Waals surface area (Å²) in [7, 11) is 1.62. The molecule has 0 saturated heterocycles. The van der Waals surface area contributed by atoms with E-state index in [1.807, 2.05) is 43.3 Å². The Morgan fingerprint density at radius 3 is 2.50 bits per heavy atom. The highest BCUT2D eigenvalue weighted by Crippen LogP contribution is 2.13. The largest absolute Gasteiger partial charge is 0.491 e. The lowest BCUT2D eigenvalue weighted by Crippen LogP contribution is -2.33. The predicted octanol–water partition coefficient (Wildman–Crippen LogP) is 2.05. The van der Waals surface area contributed by atoms with Crippen LogP contribution in [-0.4, -0.2) is 36.0 Å². The number of nitrogens with zero attached hydrogens (tertiary/aromatic N) is 2. The fourth-order valence-corrected chi connectivity index (χ4v) is 2.85. The van der Waals surface area contributed by atoms with Crippen LogP contribution in [0.4, 0.5) is 0 Å². The molecule has 1 amide bonds. The molecule has 0 spiro atoms. The van der Waals surface area contributed by atoms with Gasteiger partial charge in [0.15, 0.2) is 0 Å². The summed E-state index contributed by atoms with van der Waals surface area (Å²) in [6, 6.07) is 14.7. The Labute approximate surface area is 162 Å². The van der Waals surface area contributed by atoms with Gasteiger partial charge in [-0.15, -0.1) is 0 Å². The third-order valence-corrected chi connectivity index (χ3v) is 4.31. The van der Waals surface area contributed by atoms with Crippen LogP contribution in [0.1, 0.15) is 11.3 Å². The number of hydrogen-bond donors (Lipinski definition) is 1. The van der Waals surface area contributed by atoms with Gasteiger partial charge in [-0.05, 0) is 30.7 Å². The van der Waals surface area contributed by atoms with E-state index in [0.29, 0.717) is 30.8 Å². The SMILES string of the molecule is COCCOc1ccc(CNC(=O)Cn2nc(C)c3ccccc3c2=O)cc1. The van der Waals surface area contributed by atoms with E-state index in [-0.39, 0.29) is 18.0 Å². The molecule has 7 heteroatoms. The Hall–Kier alpha value is -3.19. The van der Waals surface area contributed by atoms with E-state index in [4.69, 9.17) is 9.47 Å². The van der Waals surface area contributed by atoms with Crippen molar-refractivity contribution in [1.82, 2.24) is 15.1 Å². The van der Waals surface area contributed by atoms with Gasteiger partial charge < -0.3 is 14.8 Å². The number of nitrogens with one attached hydrogen (secondary N) is 1. The molecule has 0 saturated carbocycles. The van der Waals surface area contributed by atoms with Crippen LogP contribution in [0.15, 0.2) is 53.3 Å². The molecule has 146 valence electrons. The molecule has 0 aliphatic heterocycles. The number of aromatic nitrogens is 2. The molecule has 0 radical (unpaired) electrons. The molecule has 1 heterocycles. The average Bonchev–Trinajstić information content (AvgIpc) is 2.71. The van der Waals surface area contributed by atoms with Crippen molar-refractivity contribution in [3.05, 3.63) is 70.1 Å². The maximum atomic E-state index is 12.5. The Morgan fingerprint density at radius 2 is 1.79 bits per heavy atom. The molecule has 0 aliphatic carbocycles. The molecule has 0 atom stereocenters. The highest BCUT2D eigenvalue weighted by molar-refractivity contribution is 5.83. The van der Waals surface area contributed by atoms with E-state index in [0.717, 1.165) is 16.7 Å². The van der Waals surface area contributed by atoms with Crippen LogP contribution >= 0.6 is 0 Å². The smallest absolute Gasteiger partial charge is 0.275 e. The van der Waals surface area contributed by atoms with E-state index in [9.17, 15) is 9.59 Å². The van der Waals surface area contributed by atoms with Gasteiger partial charge >= 0.3 is 0 Å². The Morgan fingerprint density at radius 1 is 1.07 bits per heavy atom.